The highest BCUT2D eigenvalue weighted by atomic mass is 32.1. The van der Waals surface area contributed by atoms with Gasteiger partial charge in [-0.25, -0.2) is 0 Å². The number of pyridine rings is 1. The number of aromatic nitrogens is 1. The third kappa shape index (κ3) is 5.11. The third-order valence-corrected chi connectivity index (χ3v) is 6.84. The second kappa shape index (κ2) is 10.1. The van der Waals surface area contributed by atoms with Gasteiger partial charge in [-0.15, -0.1) is 11.3 Å². The van der Waals surface area contributed by atoms with Crippen molar-refractivity contribution in [2.45, 2.75) is 26.0 Å². The van der Waals surface area contributed by atoms with Crippen LogP contribution in [0, 0.1) is 6.92 Å². The number of amides is 1. The molecule has 3 heterocycles. The van der Waals surface area contributed by atoms with Crippen molar-refractivity contribution in [1.82, 2.24) is 15.2 Å². The lowest BCUT2D eigenvalue weighted by Crippen LogP contribution is -2.33. The SMILES string of the molecule is CNCCC(Oc1ccc(CN2CCN(C)c3ccncc3C2=O)cc1)c1ccc(C)s1. The first-order valence-electron chi connectivity index (χ1n) is 11.0. The van der Waals surface area contributed by atoms with Crippen molar-refractivity contribution >= 4 is 22.9 Å². The van der Waals surface area contributed by atoms with Crippen LogP contribution in [-0.4, -0.2) is 49.5 Å². The van der Waals surface area contributed by atoms with Crippen LogP contribution in [0.1, 0.15) is 38.2 Å². The fourth-order valence-electron chi connectivity index (χ4n) is 3.92. The number of likely N-dealkylation sites (N-methyl/N-ethyl adjacent to an activating group) is 1. The van der Waals surface area contributed by atoms with Gasteiger partial charge in [-0.2, -0.15) is 0 Å². The van der Waals surface area contributed by atoms with E-state index in [2.05, 4.69) is 46.4 Å². The smallest absolute Gasteiger partial charge is 0.257 e. The van der Waals surface area contributed by atoms with Crippen LogP contribution in [0.5, 0.6) is 5.75 Å². The number of thiophene rings is 1. The summed E-state index contributed by atoms with van der Waals surface area (Å²) in [7, 11) is 3.98. The fourth-order valence-corrected chi connectivity index (χ4v) is 4.86. The molecule has 0 fully saturated rings. The molecule has 168 valence electrons. The number of hydrogen-bond acceptors (Lipinski definition) is 6. The van der Waals surface area contributed by atoms with Gasteiger partial charge in [-0.3, -0.25) is 9.78 Å². The van der Waals surface area contributed by atoms with Crippen LogP contribution in [0.4, 0.5) is 5.69 Å². The molecule has 0 aliphatic carbocycles. The number of anilines is 1. The first-order chi connectivity index (χ1) is 15.5. The molecule has 0 bridgehead atoms. The number of nitrogens with zero attached hydrogens (tertiary/aromatic N) is 3. The Labute approximate surface area is 193 Å². The fraction of sp³-hybridized carbons (Fsp3) is 0.360. The van der Waals surface area contributed by atoms with Crippen LogP contribution in [0.15, 0.2) is 54.9 Å². The molecule has 1 atom stereocenters. The highest BCUT2D eigenvalue weighted by Gasteiger charge is 2.25. The lowest BCUT2D eigenvalue weighted by Gasteiger charge is -2.22. The Kier molecular flexibility index (Phi) is 7.07. The Balaban J connectivity index is 1.45. The van der Waals surface area contributed by atoms with Crippen molar-refractivity contribution in [3.8, 4) is 5.75 Å². The van der Waals surface area contributed by atoms with Crippen molar-refractivity contribution < 1.29 is 9.53 Å². The number of ether oxygens (including phenoxy) is 1. The van der Waals surface area contributed by atoms with Crippen molar-refractivity contribution in [1.29, 1.82) is 0 Å². The van der Waals surface area contributed by atoms with Gasteiger partial charge in [0.25, 0.3) is 5.91 Å². The Hall–Kier alpha value is -2.90. The lowest BCUT2D eigenvalue weighted by molar-refractivity contribution is 0.0754. The normalized spacial score (nSPS) is 14.8. The van der Waals surface area contributed by atoms with E-state index in [1.54, 1.807) is 23.7 Å². The first-order valence-corrected chi connectivity index (χ1v) is 11.8. The Morgan fingerprint density at radius 1 is 1.16 bits per heavy atom. The Morgan fingerprint density at radius 2 is 1.97 bits per heavy atom. The van der Waals surface area contributed by atoms with E-state index in [1.165, 1.54) is 9.75 Å². The molecule has 4 rings (SSSR count). The first kappa shape index (κ1) is 22.3. The van der Waals surface area contributed by atoms with Gasteiger partial charge in [0.2, 0.25) is 0 Å². The van der Waals surface area contributed by atoms with Crippen LogP contribution in [0.3, 0.4) is 0 Å². The number of rotatable bonds is 8. The van der Waals surface area contributed by atoms with E-state index in [0.717, 1.165) is 36.5 Å². The third-order valence-electron chi connectivity index (χ3n) is 5.74. The van der Waals surface area contributed by atoms with Gasteiger partial charge in [-0.1, -0.05) is 12.1 Å². The summed E-state index contributed by atoms with van der Waals surface area (Å²) in [6.45, 7) is 5.04. The summed E-state index contributed by atoms with van der Waals surface area (Å²) < 4.78 is 6.34. The van der Waals surface area contributed by atoms with E-state index in [0.29, 0.717) is 18.7 Å². The molecule has 7 heteroatoms. The summed E-state index contributed by atoms with van der Waals surface area (Å²) in [5.41, 5.74) is 2.68. The van der Waals surface area contributed by atoms with Crippen molar-refractivity contribution in [3.63, 3.8) is 0 Å². The van der Waals surface area contributed by atoms with Crippen molar-refractivity contribution in [3.05, 3.63) is 75.7 Å². The van der Waals surface area contributed by atoms with Gasteiger partial charge in [0.05, 0.1) is 11.3 Å². The van der Waals surface area contributed by atoms with Gasteiger partial charge in [0, 0.05) is 55.3 Å². The van der Waals surface area contributed by atoms with E-state index in [4.69, 9.17) is 4.74 Å². The maximum absolute atomic E-state index is 13.1. The van der Waals surface area contributed by atoms with E-state index >= 15 is 0 Å². The summed E-state index contributed by atoms with van der Waals surface area (Å²) >= 11 is 1.78. The molecule has 2 aromatic heterocycles. The van der Waals surface area contributed by atoms with Crippen LogP contribution >= 0.6 is 11.3 Å². The zero-order chi connectivity index (χ0) is 22.5. The summed E-state index contributed by atoms with van der Waals surface area (Å²) in [6.07, 6.45) is 4.33. The molecule has 1 unspecified atom stereocenters. The largest absolute Gasteiger partial charge is 0.485 e. The van der Waals surface area contributed by atoms with E-state index < -0.39 is 0 Å². The quantitative estimate of drug-likeness (QED) is 0.555. The highest BCUT2D eigenvalue weighted by molar-refractivity contribution is 7.12. The molecule has 1 amide bonds. The number of fused-ring (bicyclic) bond motifs is 1. The predicted octanol–water partition coefficient (Wildman–Crippen LogP) is 4.27. The minimum Gasteiger partial charge on any atom is -0.485 e. The topological polar surface area (TPSA) is 57.7 Å². The van der Waals surface area contributed by atoms with Crippen LogP contribution in [0.25, 0.3) is 0 Å². The van der Waals surface area contributed by atoms with Gasteiger partial charge in [-0.05, 0) is 56.4 Å². The minimum atomic E-state index is 0.0259. The average Bonchev–Trinajstić information content (AvgIpc) is 3.21. The molecular formula is C25H30N4O2S. The highest BCUT2D eigenvalue weighted by Crippen LogP contribution is 2.30. The van der Waals surface area contributed by atoms with Crippen LogP contribution in [0.2, 0.25) is 0 Å². The second-order valence-corrected chi connectivity index (χ2v) is 9.45. The lowest BCUT2D eigenvalue weighted by atomic mass is 10.1. The average molecular weight is 451 g/mol. The molecule has 1 N–H and O–H groups in total. The molecule has 32 heavy (non-hydrogen) atoms. The molecule has 6 nitrogen and oxygen atoms in total. The number of nitrogens with one attached hydrogen (secondary N) is 1. The summed E-state index contributed by atoms with van der Waals surface area (Å²) in [5.74, 6) is 0.871. The molecule has 1 aliphatic rings. The molecule has 3 aromatic rings. The van der Waals surface area contributed by atoms with E-state index in [1.807, 2.05) is 37.2 Å². The van der Waals surface area contributed by atoms with Crippen molar-refractivity contribution in [2.75, 3.05) is 38.6 Å². The predicted molar refractivity (Wildman–Crippen MR) is 130 cm³/mol. The maximum Gasteiger partial charge on any atom is 0.257 e. The zero-order valence-electron chi connectivity index (χ0n) is 18.9. The number of carbonyl (C=O) groups excluding carboxylic acids is 1. The van der Waals surface area contributed by atoms with Crippen LogP contribution < -0.4 is 15.0 Å². The second-order valence-electron chi connectivity index (χ2n) is 8.13. The molecule has 0 radical (unpaired) electrons. The van der Waals surface area contributed by atoms with Gasteiger partial charge in [0.1, 0.15) is 11.9 Å². The number of benzene rings is 1. The molecule has 1 aromatic carbocycles. The standard InChI is InChI=1S/C25H30N4O2S/c1-18-4-9-24(32-18)23(11-12-26-2)31-20-7-5-19(6-8-20)17-29-15-14-28(3)22-10-13-27-16-21(22)25(29)30/h4-10,13,16,23,26H,11-12,14-15,17H2,1-3H3. The maximum atomic E-state index is 13.1. The van der Waals surface area contributed by atoms with Gasteiger partial charge < -0.3 is 19.9 Å². The van der Waals surface area contributed by atoms with Gasteiger partial charge >= 0.3 is 0 Å². The van der Waals surface area contributed by atoms with E-state index in [9.17, 15) is 4.79 Å². The minimum absolute atomic E-state index is 0.0259. The molecule has 0 saturated carbocycles. The monoisotopic (exact) mass is 450 g/mol. The molecule has 0 spiro atoms. The molecular weight excluding hydrogens is 420 g/mol. The zero-order valence-corrected chi connectivity index (χ0v) is 19.7. The Bertz CT molecular complexity index is 1050. The Morgan fingerprint density at radius 3 is 2.69 bits per heavy atom. The summed E-state index contributed by atoms with van der Waals surface area (Å²) in [4.78, 5) is 23.8. The number of aryl methyl sites for hydroxylation is 1. The van der Waals surface area contributed by atoms with Crippen molar-refractivity contribution in [2.24, 2.45) is 0 Å². The summed E-state index contributed by atoms with van der Waals surface area (Å²) in [5, 5.41) is 3.21. The van der Waals surface area contributed by atoms with Crippen LogP contribution in [-0.2, 0) is 6.54 Å². The molecule has 1 aliphatic heterocycles. The van der Waals surface area contributed by atoms with Gasteiger partial charge in [0.15, 0.2) is 0 Å². The van der Waals surface area contributed by atoms with E-state index in [-0.39, 0.29) is 12.0 Å². The number of carbonyl (C=O) groups is 1. The summed E-state index contributed by atoms with van der Waals surface area (Å²) in [6, 6.07) is 14.3. The number of hydrogen-bond donors (Lipinski definition) is 1. The molecule has 0 saturated heterocycles.